The van der Waals surface area contributed by atoms with Crippen LogP contribution in [-0.2, 0) is 18.5 Å². The summed E-state index contributed by atoms with van der Waals surface area (Å²) in [4.78, 5) is 22.5. The zero-order chi connectivity index (χ0) is 19.4. The van der Waals surface area contributed by atoms with Gasteiger partial charge in [0, 0.05) is 41.9 Å². The predicted molar refractivity (Wildman–Crippen MR) is 104 cm³/mol. The average molecular weight is 385 g/mol. The smallest absolute Gasteiger partial charge is 0.317 e. The number of carbonyl (C=O) groups excluding carboxylic acids is 1. The molecule has 1 N–H and O–H groups in total. The lowest BCUT2D eigenvalue weighted by Crippen LogP contribution is -2.36. The fourth-order valence-electron chi connectivity index (χ4n) is 2.37. The van der Waals surface area contributed by atoms with Crippen molar-refractivity contribution in [1.82, 2.24) is 25.3 Å². The third-order valence-corrected chi connectivity index (χ3v) is 4.82. The van der Waals surface area contributed by atoms with Gasteiger partial charge in [0.1, 0.15) is 10.7 Å². The van der Waals surface area contributed by atoms with Gasteiger partial charge in [-0.15, -0.1) is 11.3 Å². The average Bonchev–Trinajstić information content (AvgIpc) is 3.29. The molecule has 0 saturated carbocycles. The van der Waals surface area contributed by atoms with Gasteiger partial charge in [0.15, 0.2) is 5.76 Å². The van der Waals surface area contributed by atoms with Crippen molar-refractivity contribution in [3.63, 3.8) is 0 Å². The van der Waals surface area contributed by atoms with Crippen LogP contribution in [0.2, 0.25) is 0 Å². The standard InChI is InChI=1S/C19H23N5O2S/c1-19(2,3)16-12-27-17(22-16)10-21-18(25)24(4)11-14-8-15(23-26-14)13-6-5-7-20-9-13/h5-9,12H,10-11H2,1-4H3,(H,21,25). The zero-order valence-corrected chi connectivity index (χ0v) is 16.7. The number of carbonyl (C=O) groups is 1. The van der Waals surface area contributed by atoms with Crippen LogP contribution >= 0.6 is 11.3 Å². The van der Waals surface area contributed by atoms with Gasteiger partial charge in [0.05, 0.1) is 18.8 Å². The third kappa shape index (κ3) is 4.91. The Morgan fingerprint density at radius 2 is 2.19 bits per heavy atom. The van der Waals surface area contributed by atoms with Crippen LogP contribution in [0.3, 0.4) is 0 Å². The summed E-state index contributed by atoms with van der Waals surface area (Å²) in [5, 5.41) is 9.85. The van der Waals surface area contributed by atoms with Crippen LogP contribution < -0.4 is 5.32 Å². The van der Waals surface area contributed by atoms with Gasteiger partial charge in [0.2, 0.25) is 0 Å². The second-order valence-corrected chi connectivity index (χ2v) is 8.25. The molecular weight excluding hydrogens is 362 g/mol. The van der Waals surface area contributed by atoms with Gasteiger partial charge < -0.3 is 14.7 Å². The van der Waals surface area contributed by atoms with Gasteiger partial charge in [-0.05, 0) is 12.1 Å². The van der Waals surface area contributed by atoms with Crippen molar-refractivity contribution in [3.05, 3.63) is 52.4 Å². The first-order chi connectivity index (χ1) is 12.8. The molecule has 3 heterocycles. The molecule has 3 rings (SSSR count). The maximum absolute atomic E-state index is 12.3. The van der Waals surface area contributed by atoms with E-state index in [-0.39, 0.29) is 11.4 Å². The van der Waals surface area contributed by atoms with Crippen LogP contribution in [0.15, 0.2) is 40.5 Å². The van der Waals surface area contributed by atoms with E-state index in [4.69, 9.17) is 4.52 Å². The number of urea groups is 1. The lowest BCUT2D eigenvalue weighted by Gasteiger charge is -2.16. The number of hydrogen-bond acceptors (Lipinski definition) is 6. The number of thiazole rings is 1. The van der Waals surface area contributed by atoms with Crippen LogP contribution in [0.25, 0.3) is 11.3 Å². The predicted octanol–water partition coefficient (Wildman–Crippen LogP) is 3.83. The van der Waals surface area contributed by atoms with E-state index < -0.39 is 0 Å². The highest BCUT2D eigenvalue weighted by atomic mass is 32.1. The fourth-order valence-corrected chi connectivity index (χ4v) is 3.33. The molecule has 3 aromatic heterocycles. The molecule has 3 aromatic rings. The number of aromatic nitrogens is 3. The molecule has 0 fully saturated rings. The van der Waals surface area contributed by atoms with Gasteiger partial charge in [-0.3, -0.25) is 4.98 Å². The Hall–Kier alpha value is -2.74. The second kappa shape index (κ2) is 7.87. The van der Waals surface area contributed by atoms with Crippen molar-refractivity contribution in [3.8, 4) is 11.3 Å². The molecule has 0 aliphatic heterocycles. The molecule has 0 bridgehead atoms. The van der Waals surface area contributed by atoms with E-state index in [1.54, 1.807) is 35.7 Å². The highest BCUT2D eigenvalue weighted by Gasteiger charge is 2.18. The third-order valence-electron chi connectivity index (χ3n) is 3.97. The van der Waals surface area contributed by atoms with Gasteiger partial charge >= 0.3 is 6.03 Å². The fraction of sp³-hybridized carbons (Fsp3) is 0.368. The number of amides is 2. The lowest BCUT2D eigenvalue weighted by atomic mass is 9.93. The van der Waals surface area contributed by atoms with Crippen molar-refractivity contribution in [1.29, 1.82) is 0 Å². The Morgan fingerprint density at radius 3 is 2.85 bits per heavy atom. The molecule has 2 amide bonds. The number of hydrogen-bond donors (Lipinski definition) is 1. The van der Waals surface area contributed by atoms with Crippen molar-refractivity contribution in [2.24, 2.45) is 0 Å². The summed E-state index contributed by atoms with van der Waals surface area (Å²) in [5.41, 5.74) is 2.62. The molecule has 0 aromatic carbocycles. The minimum Gasteiger partial charge on any atom is -0.359 e. The monoisotopic (exact) mass is 385 g/mol. The topological polar surface area (TPSA) is 84.2 Å². The van der Waals surface area contributed by atoms with Gasteiger partial charge in [-0.1, -0.05) is 25.9 Å². The van der Waals surface area contributed by atoms with Crippen LogP contribution in [0.5, 0.6) is 0 Å². The van der Waals surface area contributed by atoms with E-state index in [9.17, 15) is 4.79 Å². The number of nitrogens with one attached hydrogen (secondary N) is 1. The molecule has 0 aliphatic rings. The van der Waals surface area contributed by atoms with E-state index in [2.05, 4.69) is 41.2 Å². The minimum atomic E-state index is -0.193. The first kappa shape index (κ1) is 19.0. The highest BCUT2D eigenvalue weighted by Crippen LogP contribution is 2.24. The first-order valence-electron chi connectivity index (χ1n) is 8.63. The summed E-state index contributed by atoms with van der Waals surface area (Å²) in [6.07, 6.45) is 3.42. The van der Waals surface area contributed by atoms with E-state index in [0.29, 0.717) is 24.5 Å². The molecule has 7 nitrogen and oxygen atoms in total. The molecule has 0 saturated heterocycles. The molecule has 27 heavy (non-hydrogen) atoms. The van der Waals surface area contributed by atoms with E-state index in [1.807, 2.05) is 23.6 Å². The Morgan fingerprint density at radius 1 is 1.37 bits per heavy atom. The Balaban J connectivity index is 1.54. The van der Waals surface area contributed by atoms with Gasteiger partial charge in [0.25, 0.3) is 0 Å². The summed E-state index contributed by atoms with van der Waals surface area (Å²) in [6, 6.07) is 5.37. The second-order valence-electron chi connectivity index (χ2n) is 7.31. The molecule has 0 aliphatic carbocycles. The van der Waals surface area contributed by atoms with E-state index in [0.717, 1.165) is 16.3 Å². The maximum Gasteiger partial charge on any atom is 0.317 e. The zero-order valence-electron chi connectivity index (χ0n) is 15.9. The van der Waals surface area contributed by atoms with Crippen molar-refractivity contribution >= 4 is 17.4 Å². The number of pyridine rings is 1. The normalized spacial score (nSPS) is 11.4. The highest BCUT2D eigenvalue weighted by molar-refractivity contribution is 7.09. The molecular formula is C19H23N5O2S. The lowest BCUT2D eigenvalue weighted by molar-refractivity contribution is 0.200. The molecule has 0 atom stereocenters. The summed E-state index contributed by atoms with van der Waals surface area (Å²) in [7, 11) is 1.71. The minimum absolute atomic E-state index is 0.00776. The Kier molecular flexibility index (Phi) is 5.55. The van der Waals surface area contributed by atoms with E-state index in [1.165, 1.54) is 0 Å². The summed E-state index contributed by atoms with van der Waals surface area (Å²) in [5.74, 6) is 0.607. The molecule has 142 valence electrons. The Labute approximate surface area is 162 Å². The number of nitrogens with zero attached hydrogens (tertiary/aromatic N) is 4. The van der Waals surface area contributed by atoms with E-state index >= 15 is 0 Å². The molecule has 0 spiro atoms. The number of rotatable bonds is 5. The first-order valence-corrected chi connectivity index (χ1v) is 9.51. The van der Waals surface area contributed by atoms with Crippen LogP contribution in [0.4, 0.5) is 4.79 Å². The van der Waals surface area contributed by atoms with Crippen LogP contribution in [0, 0.1) is 0 Å². The van der Waals surface area contributed by atoms with Gasteiger partial charge in [-0.25, -0.2) is 9.78 Å². The SMILES string of the molecule is CN(Cc1cc(-c2cccnc2)no1)C(=O)NCc1nc(C(C)(C)C)cs1. The van der Waals surface area contributed by atoms with Crippen LogP contribution in [-0.4, -0.2) is 33.1 Å². The largest absolute Gasteiger partial charge is 0.359 e. The summed E-state index contributed by atoms with van der Waals surface area (Å²) >= 11 is 1.56. The Bertz CT molecular complexity index is 898. The maximum atomic E-state index is 12.3. The van der Waals surface area contributed by atoms with Crippen molar-refractivity contribution in [2.75, 3.05) is 7.05 Å². The van der Waals surface area contributed by atoms with Crippen molar-refractivity contribution < 1.29 is 9.32 Å². The summed E-state index contributed by atoms with van der Waals surface area (Å²) < 4.78 is 5.33. The molecule has 8 heteroatoms. The van der Waals surface area contributed by atoms with Gasteiger partial charge in [-0.2, -0.15) is 0 Å². The van der Waals surface area contributed by atoms with Crippen molar-refractivity contribution in [2.45, 2.75) is 39.3 Å². The summed E-state index contributed by atoms with van der Waals surface area (Å²) in [6.45, 7) is 7.09. The van der Waals surface area contributed by atoms with Crippen LogP contribution in [0.1, 0.15) is 37.2 Å². The quantitative estimate of drug-likeness (QED) is 0.721. The molecule has 0 radical (unpaired) electrons. The molecule has 0 unspecified atom stereocenters.